The molecule has 1 aromatic carbocycles. The molecule has 0 amide bonds. The maximum Gasteiger partial charge on any atom is 0.270 e. The van der Waals surface area contributed by atoms with Gasteiger partial charge in [-0.3, -0.25) is 4.98 Å². The van der Waals surface area contributed by atoms with Crippen LogP contribution in [0, 0.1) is 11.3 Å². The summed E-state index contributed by atoms with van der Waals surface area (Å²) in [4.78, 5) is 15.5. The minimum Gasteiger partial charge on any atom is -0.414 e. The van der Waals surface area contributed by atoms with Crippen molar-refractivity contribution in [1.29, 1.82) is 5.26 Å². The van der Waals surface area contributed by atoms with Gasteiger partial charge in [-0.15, -0.1) is 10.2 Å². The number of pyridine rings is 1. The summed E-state index contributed by atoms with van der Waals surface area (Å²) in [6.07, 6.45) is 5.37. The van der Waals surface area contributed by atoms with E-state index >= 15 is 0 Å². The first kappa shape index (κ1) is 23.4. The fourth-order valence-corrected chi connectivity index (χ4v) is 4.18. The molecule has 0 saturated carbocycles. The molecule has 1 fully saturated rings. The van der Waals surface area contributed by atoms with Crippen molar-refractivity contribution < 1.29 is 4.42 Å². The van der Waals surface area contributed by atoms with Crippen molar-refractivity contribution >= 4 is 11.5 Å². The van der Waals surface area contributed by atoms with Crippen LogP contribution < -0.4 is 16.4 Å². The molecular weight excluding hydrogens is 454 g/mol. The molecule has 36 heavy (non-hydrogen) atoms. The topological polar surface area (TPSA) is 157 Å². The second-order valence-electron chi connectivity index (χ2n) is 9.46. The van der Waals surface area contributed by atoms with Crippen LogP contribution >= 0.6 is 0 Å². The van der Waals surface area contributed by atoms with E-state index in [0.29, 0.717) is 23.0 Å². The van der Waals surface area contributed by atoms with E-state index in [2.05, 4.69) is 36.1 Å². The van der Waals surface area contributed by atoms with Crippen LogP contribution in [0.4, 0.5) is 11.5 Å². The highest BCUT2D eigenvalue weighted by Gasteiger charge is 2.23. The van der Waals surface area contributed by atoms with Gasteiger partial charge in [-0.2, -0.15) is 5.26 Å². The van der Waals surface area contributed by atoms with Crippen LogP contribution in [-0.4, -0.2) is 44.3 Å². The highest BCUT2D eigenvalue weighted by molar-refractivity contribution is 5.69. The third kappa shape index (κ3) is 4.61. The molecule has 0 bridgehead atoms. The Balaban J connectivity index is 1.41. The van der Waals surface area contributed by atoms with Crippen molar-refractivity contribution in [2.75, 3.05) is 23.7 Å². The van der Waals surface area contributed by atoms with Crippen LogP contribution in [0.2, 0.25) is 0 Å². The first-order valence-corrected chi connectivity index (χ1v) is 11.8. The van der Waals surface area contributed by atoms with Gasteiger partial charge < -0.3 is 20.8 Å². The molecule has 1 atom stereocenters. The number of rotatable bonds is 5. The number of benzene rings is 1. The second-order valence-corrected chi connectivity index (χ2v) is 9.46. The lowest BCUT2D eigenvalue weighted by atomic mass is 9.90. The Morgan fingerprint density at radius 3 is 2.61 bits per heavy atom. The highest BCUT2D eigenvalue weighted by atomic mass is 16.4. The van der Waals surface area contributed by atoms with E-state index in [1.54, 1.807) is 18.5 Å². The fraction of sp³-hybridized carbons (Fsp3) is 0.308. The number of nitrogens with two attached hydrogens (primary N) is 2. The van der Waals surface area contributed by atoms with Crippen LogP contribution in [-0.2, 0) is 5.41 Å². The fourth-order valence-electron chi connectivity index (χ4n) is 4.18. The normalized spacial score (nSPS) is 16.1. The zero-order valence-corrected chi connectivity index (χ0v) is 20.2. The Kier molecular flexibility index (Phi) is 6.08. The van der Waals surface area contributed by atoms with E-state index < -0.39 is 5.41 Å². The van der Waals surface area contributed by atoms with Gasteiger partial charge in [0.05, 0.1) is 29.1 Å². The number of aromatic nitrogens is 5. The average Bonchev–Trinajstić information content (AvgIpc) is 3.39. The summed E-state index contributed by atoms with van der Waals surface area (Å²) < 4.78 is 5.93. The molecule has 4 N–H and O–H groups in total. The predicted octanol–water partition coefficient (Wildman–Crippen LogP) is 3.57. The standard InChI is InChI=1S/C26H27N9O/c1-26(2,15-27)21-12-17(9-10-30-21)20-13-31-23(29)22(32-20)25-34-33-24(36-25)16-5-7-19(8-6-16)35-11-3-4-18(28)14-35/h5-10,12-13,18H,3-4,11,14,28H2,1-2H3,(H2,29,31)/t18-/m1/s1. The van der Waals surface area contributed by atoms with Gasteiger partial charge in [0.2, 0.25) is 5.89 Å². The number of nitrogens with zero attached hydrogens (tertiary/aromatic N) is 7. The molecular formula is C26H27N9O. The highest BCUT2D eigenvalue weighted by Crippen LogP contribution is 2.30. The smallest absolute Gasteiger partial charge is 0.270 e. The Morgan fingerprint density at radius 2 is 1.86 bits per heavy atom. The Morgan fingerprint density at radius 1 is 1.08 bits per heavy atom. The van der Waals surface area contributed by atoms with E-state index in [-0.39, 0.29) is 17.8 Å². The molecule has 0 unspecified atom stereocenters. The summed E-state index contributed by atoms with van der Waals surface area (Å²) in [7, 11) is 0. The molecule has 3 aromatic heterocycles. The number of piperidine rings is 1. The molecule has 0 aliphatic carbocycles. The summed E-state index contributed by atoms with van der Waals surface area (Å²) in [5, 5.41) is 17.8. The summed E-state index contributed by atoms with van der Waals surface area (Å²) in [6.45, 7) is 5.48. The molecule has 0 radical (unpaired) electrons. The first-order chi connectivity index (χ1) is 17.3. The maximum atomic E-state index is 9.46. The van der Waals surface area contributed by atoms with Crippen molar-refractivity contribution in [3.05, 3.63) is 54.5 Å². The summed E-state index contributed by atoms with van der Waals surface area (Å²) in [5.41, 5.74) is 15.6. The quantitative estimate of drug-likeness (QED) is 0.432. The summed E-state index contributed by atoms with van der Waals surface area (Å²) in [5.74, 6) is 0.715. The molecule has 10 nitrogen and oxygen atoms in total. The van der Waals surface area contributed by atoms with Gasteiger partial charge in [-0.1, -0.05) is 0 Å². The SMILES string of the molecule is CC(C)(C#N)c1cc(-c2cnc(N)c(-c3nnc(-c4ccc(N5CCC[C@@H](N)C5)cc4)o3)n2)ccn1. The third-order valence-corrected chi connectivity index (χ3v) is 6.34. The molecule has 182 valence electrons. The largest absolute Gasteiger partial charge is 0.414 e. The van der Waals surface area contributed by atoms with Gasteiger partial charge in [-0.05, 0) is 63.1 Å². The van der Waals surface area contributed by atoms with E-state index in [1.165, 1.54) is 0 Å². The van der Waals surface area contributed by atoms with Crippen LogP contribution in [0.25, 0.3) is 34.3 Å². The third-order valence-electron chi connectivity index (χ3n) is 6.34. The van der Waals surface area contributed by atoms with Crippen LogP contribution in [0.1, 0.15) is 32.4 Å². The molecule has 1 aliphatic rings. The van der Waals surface area contributed by atoms with Crippen molar-refractivity contribution in [2.45, 2.75) is 38.1 Å². The maximum absolute atomic E-state index is 9.46. The Bertz CT molecular complexity index is 1420. The van der Waals surface area contributed by atoms with Gasteiger partial charge in [0.1, 0.15) is 0 Å². The average molecular weight is 482 g/mol. The van der Waals surface area contributed by atoms with Crippen LogP contribution in [0.15, 0.2) is 53.2 Å². The summed E-state index contributed by atoms with van der Waals surface area (Å²) >= 11 is 0. The second kappa shape index (κ2) is 9.36. The number of nitriles is 1. The molecule has 1 saturated heterocycles. The van der Waals surface area contributed by atoms with Crippen molar-refractivity contribution in [2.24, 2.45) is 5.73 Å². The molecule has 4 heterocycles. The van der Waals surface area contributed by atoms with Crippen molar-refractivity contribution in [1.82, 2.24) is 25.1 Å². The molecule has 5 rings (SSSR count). The van der Waals surface area contributed by atoms with Gasteiger partial charge in [0, 0.05) is 42.1 Å². The number of hydrogen-bond acceptors (Lipinski definition) is 10. The van der Waals surface area contributed by atoms with E-state index in [1.807, 2.05) is 44.2 Å². The minimum absolute atomic E-state index is 0.176. The number of anilines is 2. The van der Waals surface area contributed by atoms with E-state index in [4.69, 9.17) is 15.9 Å². The Labute approximate surface area is 209 Å². The minimum atomic E-state index is -0.739. The number of nitrogen functional groups attached to an aromatic ring is 1. The number of hydrogen-bond donors (Lipinski definition) is 2. The lowest BCUT2D eigenvalue weighted by Crippen LogP contribution is -2.42. The van der Waals surface area contributed by atoms with Gasteiger partial charge in [-0.25, -0.2) is 9.97 Å². The first-order valence-electron chi connectivity index (χ1n) is 11.8. The monoisotopic (exact) mass is 481 g/mol. The van der Waals surface area contributed by atoms with Gasteiger partial charge >= 0.3 is 0 Å². The van der Waals surface area contributed by atoms with Crippen LogP contribution in [0.3, 0.4) is 0 Å². The zero-order valence-electron chi connectivity index (χ0n) is 20.2. The molecule has 0 spiro atoms. The Hall–Kier alpha value is -4.36. The van der Waals surface area contributed by atoms with Gasteiger partial charge in [0.15, 0.2) is 11.5 Å². The van der Waals surface area contributed by atoms with E-state index in [0.717, 1.165) is 42.7 Å². The van der Waals surface area contributed by atoms with Crippen molar-refractivity contribution in [3.8, 4) is 40.4 Å². The zero-order chi connectivity index (χ0) is 25.3. The molecule has 1 aliphatic heterocycles. The molecule has 4 aromatic rings. The summed E-state index contributed by atoms with van der Waals surface area (Å²) in [6, 6.07) is 14.1. The molecule has 10 heteroatoms. The predicted molar refractivity (Wildman–Crippen MR) is 136 cm³/mol. The lowest BCUT2D eigenvalue weighted by molar-refractivity contribution is 0.506. The lowest BCUT2D eigenvalue weighted by Gasteiger charge is -2.32. The van der Waals surface area contributed by atoms with E-state index in [9.17, 15) is 5.26 Å². The van der Waals surface area contributed by atoms with Gasteiger partial charge in [0.25, 0.3) is 5.89 Å². The van der Waals surface area contributed by atoms with Crippen LogP contribution in [0.5, 0.6) is 0 Å². The van der Waals surface area contributed by atoms with Crippen molar-refractivity contribution in [3.63, 3.8) is 0 Å².